The van der Waals surface area contributed by atoms with Gasteiger partial charge < -0.3 is 11.1 Å². The zero-order valence-electron chi connectivity index (χ0n) is 11.5. The standard InChI is InChI=1S/C15H18N4O/c1-2-3-4-11-5-7-12(8-6-11)17-15(20)13-9-10-14(16)19-18-13/h5-10H,2-4H2,1H3,(H2,16,19)(H,17,20). The third kappa shape index (κ3) is 3.78. The van der Waals surface area contributed by atoms with Gasteiger partial charge in [0.2, 0.25) is 0 Å². The van der Waals surface area contributed by atoms with Crippen LogP contribution in [0.2, 0.25) is 0 Å². The van der Waals surface area contributed by atoms with Crippen LogP contribution in [0.25, 0.3) is 0 Å². The second-order valence-corrected chi connectivity index (χ2v) is 4.60. The van der Waals surface area contributed by atoms with Gasteiger partial charge in [-0.25, -0.2) is 0 Å². The number of carbonyl (C=O) groups excluding carboxylic acids is 1. The SMILES string of the molecule is CCCCc1ccc(NC(=O)c2ccc(N)nn2)cc1. The quantitative estimate of drug-likeness (QED) is 0.875. The first-order valence-corrected chi connectivity index (χ1v) is 6.68. The van der Waals surface area contributed by atoms with E-state index in [0.29, 0.717) is 5.82 Å². The predicted molar refractivity (Wildman–Crippen MR) is 79.5 cm³/mol. The summed E-state index contributed by atoms with van der Waals surface area (Å²) in [5.74, 6) is 0.000588. The van der Waals surface area contributed by atoms with Gasteiger partial charge in [-0.2, -0.15) is 0 Å². The van der Waals surface area contributed by atoms with E-state index in [4.69, 9.17) is 5.73 Å². The molecular formula is C15H18N4O. The number of hydrogen-bond acceptors (Lipinski definition) is 4. The Labute approximate surface area is 118 Å². The van der Waals surface area contributed by atoms with E-state index >= 15 is 0 Å². The van der Waals surface area contributed by atoms with E-state index in [1.165, 1.54) is 18.4 Å². The van der Waals surface area contributed by atoms with Gasteiger partial charge in [0, 0.05) is 5.69 Å². The lowest BCUT2D eigenvalue weighted by atomic mass is 10.1. The molecule has 5 heteroatoms. The number of aromatic nitrogens is 2. The number of amides is 1. The smallest absolute Gasteiger partial charge is 0.276 e. The van der Waals surface area contributed by atoms with Gasteiger partial charge in [0.1, 0.15) is 5.82 Å². The van der Waals surface area contributed by atoms with Crippen LogP contribution in [0.3, 0.4) is 0 Å². The van der Waals surface area contributed by atoms with E-state index in [1.807, 2.05) is 24.3 Å². The molecule has 0 aliphatic carbocycles. The molecule has 0 bridgehead atoms. The van der Waals surface area contributed by atoms with Crippen LogP contribution < -0.4 is 11.1 Å². The summed E-state index contributed by atoms with van der Waals surface area (Å²) >= 11 is 0. The van der Waals surface area contributed by atoms with Crippen LogP contribution in [0.5, 0.6) is 0 Å². The Morgan fingerprint density at radius 3 is 2.50 bits per heavy atom. The molecule has 3 N–H and O–H groups in total. The highest BCUT2D eigenvalue weighted by Gasteiger charge is 2.08. The van der Waals surface area contributed by atoms with Crippen molar-refractivity contribution >= 4 is 17.4 Å². The second kappa shape index (κ2) is 6.65. The number of unbranched alkanes of at least 4 members (excludes halogenated alkanes) is 1. The van der Waals surface area contributed by atoms with Crippen LogP contribution in [0.4, 0.5) is 11.5 Å². The van der Waals surface area contributed by atoms with Gasteiger partial charge in [0.05, 0.1) is 0 Å². The minimum absolute atomic E-state index is 0.245. The van der Waals surface area contributed by atoms with Crippen molar-refractivity contribution in [1.82, 2.24) is 10.2 Å². The maximum absolute atomic E-state index is 11.9. The molecule has 20 heavy (non-hydrogen) atoms. The third-order valence-electron chi connectivity index (χ3n) is 2.95. The molecule has 5 nitrogen and oxygen atoms in total. The van der Waals surface area contributed by atoms with Crippen molar-refractivity contribution in [2.24, 2.45) is 0 Å². The van der Waals surface area contributed by atoms with Crippen LogP contribution in [0, 0.1) is 0 Å². The van der Waals surface area contributed by atoms with E-state index in [9.17, 15) is 4.79 Å². The Hall–Kier alpha value is -2.43. The Morgan fingerprint density at radius 2 is 1.90 bits per heavy atom. The average Bonchev–Trinajstić information content (AvgIpc) is 2.47. The molecule has 0 aliphatic heterocycles. The van der Waals surface area contributed by atoms with Crippen molar-refractivity contribution in [2.75, 3.05) is 11.1 Å². The Kier molecular flexibility index (Phi) is 4.65. The summed E-state index contributed by atoms with van der Waals surface area (Å²) in [7, 11) is 0. The highest BCUT2D eigenvalue weighted by Crippen LogP contribution is 2.12. The van der Waals surface area contributed by atoms with Crippen molar-refractivity contribution in [3.63, 3.8) is 0 Å². The molecule has 0 saturated carbocycles. The van der Waals surface area contributed by atoms with Crippen LogP contribution in [0.15, 0.2) is 36.4 Å². The summed E-state index contributed by atoms with van der Waals surface area (Å²) in [6.45, 7) is 2.17. The summed E-state index contributed by atoms with van der Waals surface area (Å²) in [5.41, 5.74) is 7.69. The van der Waals surface area contributed by atoms with Gasteiger partial charge in [-0.3, -0.25) is 4.79 Å². The van der Waals surface area contributed by atoms with Crippen LogP contribution in [0.1, 0.15) is 35.8 Å². The summed E-state index contributed by atoms with van der Waals surface area (Å²) in [4.78, 5) is 11.9. The van der Waals surface area contributed by atoms with Gasteiger partial charge in [0.25, 0.3) is 5.91 Å². The lowest BCUT2D eigenvalue weighted by Crippen LogP contribution is -2.14. The minimum atomic E-state index is -0.293. The number of anilines is 2. The van der Waals surface area contributed by atoms with Crippen molar-refractivity contribution in [3.05, 3.63) is 47.7 Å². The molecule has 1 amide bonds. The third-order valence-corrected chi connectivity index (χ3v) is 2.95. The lowest BCUT2D eigenvalue weighted by Gasteiger charge is -2.06. The first-order valence-electron chi connectivity index (χ1n) is 6.68. The zero-order valence-corrected chi connectivity index (χ0v) is 11.5. The summed E-state index contributed by atoms with van der Waals surface area (Å²) in [5, 5.41) is 10.2. The number of aryl methyl sites for hydroxylation is 1. The number of hydrogen-bond donors (Lipinski definition) is 2. The van der Waals surface area contributed by atoms with E-state index in [0.717, 1.165) is 12.1 Å². The molecule has 0 spiro atoms. The monoisotopic (exact) mass is 270 g/mol. The molecule has 2 aromatic rings. The Morgan fingerprint density at radius 1 is 1.15 bits per heavy atom. The van der Waals surface area contributed by atoms with Gasteiger partial charge in [-0.05, 0) is 42.7 Å². The Balaban J connectivity index is 1.99. The number of nitrogens with one attached hydrogen (secondary N) is 1. The van der Waals surface area contributed by atoms with Gasteiger partial charge in [0.15, 0.2) is 5.69 Å². The summed E-state index contributed by atoms with van der Waals surface area (Å²) < 4.78 is 0. The van der Waals surface area contributed by atoms with Crippen molar-refractivity contribution in [1.29, 1.82) is 0 Å². The lowest BCUT2D eigenvalue weighted by molar-refractivity contribution is 0.102. The molecule has 104 valence electrons. The number of nitrogens with two attached hydrogens (primary N) is 1. The van der Waals surface area contributed by atoms with Gasteiger partial charge in [-0.15, -0.1) is 10.2 Å². The highest BCUT2D eigenvalue weighted by molar-refractivity contribution is 6.02. The van der Waals surface area contributed by atoms with Crippen molar-refractivity contribution in [3.8, 4) is 0 Å². The first kappa shape index (κ1) is 14.0. The number of carbonyl (C=O) groups is 1. The molecule has 0 fully saturated rings. The number of nitrogen functional groups attached to an aromatic ring is 1. The van der Waals surface area contributed by atoms with E-state index < -0.39 is 0 Å². The van der Waals surface area contributed by atoms with Crippen LogP contribution in [-0.4, -0.2) is 16.1 Å². The van der Waals surface area contributed by atoms with E-state index in [1.54, 1.807) is 12.1 Å². The zero-order chi connectivity index (χ0) is 14.4. The summed E-state index contributed by atoms with van der Waals surface area (Å²) in [6, 6.07) is 10.9. The number of nitrogens with zero attached hydrogens (tertiary/aromatic N) is 2. The summed E-state index contributed by atoms with van der Waals surface area (Å²) in [6.07, 6.45) is 3.41. The number of rotatable bonds is 5. The molecule has 0 unspecified atom stereocenters. The van der Waals surface area contributed by atoms with E-state index in [2.05, 4.69) is 22.4 Å². The molecular weight excluding hydrogens is 252 g/mol. The maximum atomic E-state index is 11.9. The topological polar surface area (TPSA) is 80.9 Å². The molecule has 2 rings (SSSR count). The fraction of sp³-hybridized carbons (Fsp3) is 0.267. The first-order chi connectivity index (χ1) is 9.69. The minimum Gasteiger partial charge on any atom is -0.382 e. The highest BCUT2D eigenvalue weighted by atomic mass is 16.1. The molecule has 0 saturated heterocycles. The molecule has 1 aromatic heterocycles. The van der Waals surface area contributed by atoms with Crippen molar-refractivity contribution < 1.29 is 4.79 Å². The maximum Gasteiger partial charge on any atom is 0.276 e. The fourth-order valence-electron chi connectivity index (χ4n) is 1.79. The van der Waals surface area contributed by atoms with E-state index in [-0.39, 0.29) is 11.6 Å². The normalized spacial score (nSPS) is 10.2. The van der Waals surface area contributed by atoms with Gasteiger partial charge in [-0.1, -0.05) is 25.5 Å². The Bertz CT molecular complexity index is 563. The molecule has 0 aliphatic rings. The fourth-order valence-corrected chi connectivity index (χ4v) is 1.79. The largest absolute Gasteiger partial charge is 0.382 e. The molecule has 1 heterocycles. The molecule has 0 radical (unpaired) electrons. The van der Waals surface area contributed by atoms with Gasteiger partial charge >= 0.3 is 0 Å². The van der Waals surface area contributed by atoms with Crippen LogP contribution >= 0.6 is 0 Å². The van der Waals surface area contributed by atoms with Crippen molar-refractivity contribution in [2.45, 2.75) is 26.2 Å². The average molecular weight is 270 g/mol. The second-order valence-electron chi connectivity index (χ2n) is 4.60. The van der Waals surface area contributed by atoms with Crippen LogP contribution in [-0.2, 0) is 6.42 Å². The predicted octanol–water partition coefficient (Wildman–Crippen LogP) is 2.65. The number of benzene rings is 1. The molecule has 1 aromatic carbocycles. The molecule has 0 atom stereocenters.